The fraction of sp³-hybridized carbons (Fsp3) is 0.491. The average Bonchev–Trinajstić information content (AvgIpc) is 4.19. The van der Waals surface area contributed by atoms with Crippen LogP contribution in [0.2, 0.25) is 0 Å². The third-order valence-corrected chi connectivity index (χ3v) is 14.6. The number of unbranched alkanes of at least 4 members (excludes halogenated alkanes) is 2. The third kappa shape index (κ3) is 14.5. The number of hydrogen-bond donors (Lipinski definition) is 14. The highest BCUT2D eigenvalue weighted by Gasteiger charge is 2.50. The number of carbonyl (C=O) groups is 7. The zero-order valence-electron chi connectivity index (χ0n) is 44.9. The number of aromatic hydroxyl groups is 1. The smallest absolute Gasteiger partial charge is 0.251 e. The average molecular weight is 1130 g/mol. The largest absolute Gasteiger partial charge is 0.508 e. The molecular formula is C55H70N8O18. The molecule has 26 nitrogen and oxygen atoms in total. The van der Waals surface area contributed by atoms with Gasteiger partial charge in [-0.3, -0.25) is 33.6 Å². The fourth-order valence-electron chi connectivity index (χ4n) is 9.86. The Hall–Kier alpha value is -7.56. The molecule has 3 fully saturated rings. The number of phenols is 1. The quantitative estimate of drug-likeness (QED) is 0.0611. The molecule has 0 bridgehead atoms. The van der Waals surface area contributed by atoms with Gasteiger partial charge in [0.05, 0.1) is 31.0 Å². The first-order valence-electron chi connectivity index (χ1n) is 26.6. The molecule has 7 rings (SSSR count). The summed E-state index contributed by atoms with van der Waals surface area (Å²) in [5, 5.41) is 115. The standard InChI is InChI=1S/C55H70N8O18/c1-5-6-7-20-80-35-18-14-30(15-19-35)40-23-36(61-81-40)29-8-10-32(11-9-29)48(72)56-37-22-39(68)51(75)60-53(77)44-45(69)26(2)24-63(44)55(79)42(28(4)65)58-52(76)43(47(71)46(70)31-12-16-33(66)17-13-31)59-50(74)38-21-34(67)25-62(38)54(78)41(27(3)64)57-49(37)73/h8-19,23,26-28,34,37-39,41-47,51,64-71,75H,5-7,20-22,24-25H2,1-4H3,(H,56,72)(H,57,73)(H,58,76)(H,59,74)(H,60,77)/t26-,27+,28+,34+,37-,38-,39+,41-,42-,43-,44-,45-,46-,47-,51+/m0/s1. The maximum absolute atomic E-state index is 14.5. The summed E-state index contributed by atoms with van der Waals surface area (Å²) in [6.45, 7) is 5.36. The van der Waals surface area contributed by atoms with Gasteiger partial charge in [0.2, 0.25) is 35.4 Å². The Bertz CT molecular complexity index is 2850. The van der Waals surface area contributed by atoms with Gasteiger partial charge < -0.3 is 91.6 Å². The van der Waals surface area contributed by atoms with Crippen LogP contribution in [0.1, 0.15) is 81.8 Å². The van der Waals surface area contributed by atoms with Gasteiger partial charge in [-0.2, -0.15) is 0 Å². The Kier molecular flexibility index (Phi) is 20.2. The van der Waals surface area contributed by atoms with Gasteiger partial charge >= 0.3 is 0 Å². The molecule has 0 aliphatic carbocycles. The summed E-state index contributed by atoms with van der Waals surface area (Å²) in [5.41, 5.74) is 1.52. The van der Waals surface area contributed by atoms with Crippen LogP contribution in [0.15, 0.2) is 83.4 Å². The van der Waals surface area contributed by atoms with E-state index in [0.29, 0.717) is 29.4 Å². The molecule has 4 aromatic rings. The van der Waals surface area contributed by atoms with Crippen LogP contribution < -0.4 is 31.3 Å². The van der Waals surface area contributed by atoms with Gasteiger partial charge in [0, 0.05) is 54.6 Å². The van der Waals surface area contributed by atoms with E-state index in [0.717, 1.165) is 60.6 Å². The van der Waals surface area contributed by atoms with Gasteiger partial charge in [-0.05, 0) is 74.4 Å². The lowest BCUT2D eigenvalue weighted by Gasteiger charge is -2.34. The number of aliphatic hydroxyl groups excluding tert-OH is 8. The SMILES string of the molecule is CCCCCOc1ccc(-c2cc(-c3ccc(C(=O)N[C@H]4C[C@@H](O)[C@@H](O)NC(=O)[C@@H]5[C@@H](O)[C@@H](C)CN5C(=O)[C@H]([C@@H](C)O)NC(=O)[C@H]([C@H](O)[C@@H](O)c5ccc(O)cc5)NC(=O)[C@@H]5C[C@@H](O)CN5C(=O)[C@H]([C@@H](C)O)NC4=O)cc3)no2)cc1. The van der Waals surface area contributed by atoms with Crippen molar-refractivity contribution < 1.29 is 88.8 Å². The number of carbonyl (C=O) groups excluding carboxylic acids is 7. The van der Waals surface area contributed by atoms with E-state index >= 15 is 0 Å². The van der Waals surface area contributed by atoms with Crippen LogP contribution in [0.25, 0.3) is 22.6 Å². The molecule has 3 aliphatic heterocycles. The highest BCUT2D eigenvalue weighted by molar-refractivity contribution is 6.00. The van der Waals surface area contributed by atoms with E-state index in [-0.39, 0.29) is 23.4 Å². The van der Waals surface area contributed by atoms with E-state index in [2.05, 4.69) is 38.7 Å². The van der Waals surface area contributed by atoms with Gasteiger partial charge in [0.25, 0.3) is 5.91 Å². The lowest BCUT2D eigenvalue weighted by molar-refractivity contribution is -0.148. The molecular weight excluding hydrogens is 1060 g/mol. The number of nitrogens with one attached hydrogen (secondary N) is 5. The summed E-state index contributed by atoms with van der Waals surface area (Å²) in [7, 11) is 0. The van der Waals surface area contributed by atoms with E-state index in [9.17, 15) is 79.5 Å². The van der Waals surface area contributed by atoms with Gasteiger partial charge in [-0.25, -0.2) is 0 Å². The number of aliphatic hydroxyl groups is 8. The minimum atomic E-state index is -2.31. The molecule has 7 amide bonds. The molecule has 81 heavy (non-hydrogen) atoms. The first-order chi connectivity index (χ1) is 38.5. The summed E-state index contributed by atoms with van der Waals surface area (Å²) < 4.78 is 11.4. The number of ether oxygens (including phenoxy) is 1. The number of hydrogen-bond acceptors (Lipinski definition) is 19. The highest BCUT2D eigenvalue weighted by Crippen LogP contribution is 2.30. The van der Waals surface area contributed by atoms with Crippen molar-refractivity contribution in [1.82, 2.24) is 41.5 Å². The normalized spacial score (nSPS) is 27.8. The second-order valence-corrected chi connectivity index (χ2v) is 20.8. The van der Waals surface area contributed by atoms with Crippen LogP contribution in [0.4, 0.5) is 0 Å². The minimum Gasteiger partial charge on any atom is -0.508 e. The first-order valence-corrected chi connectivity index (χ1v) is 26.6. The van der Waals surface area contributed by atoms with Crippen LogP contribution >= 0.6 is 0 Å². The monoisotopic (exact) mass is 1130 g/mol. The van der Waals surface area contributed by atoms with E-state index in [1.165, 1.54) is 43.3 Å². The summed E-state index contributed by atoms with van der Waals surface area (Å²) in [6.07, 6.45) is -13.8. The number of aromatic nitrogens is 1. The molecule has 0 unspecified atom stereocenters. The Morgan fingerprint density at radius 2 is 1.33 bits per heavy atom. The molecule has 3 aliphatic rings. The summed E-state index contributed by atoms with van der Waals surface area (Å²) in [5.74, 6) is -8.43. The second-order valence-electron chi connectivity index (χ2n) is 20.8. The summed E-state index contributed by atoms with van der Waals surface area (Å²) in [6, 6.07) is 7.76. The molecule has 0 spiro atoms. The van der Waals surface area contributed by atoms with Gasteiger partial charge in [0.15, 0.2) is 12.0 Å². The molecule has 15 atom stereocenters. The maximum Gasteiger partial charge on any atom is 0.251 e. The molecule has 4 heterocycles. The number of benzene rings is 3. The van der Waals surface area contributed by atoms with E-state index < -0.39 is 152 Å². The van der Waals surface area contributed by atoms with Crippen molar-refractivity contribution >= 4 is 41.4 Å². The minimum absolute atomic E-state index is 0.0462. The van der Waals surface area contributed by atoms with Crippen molar-refractivity contribution in [2.75, 3.05) is 19.7 Å². The van der Waals surface area contributed by atoms with Gasteiger partial charge in [0.1, 0.15) is 71.8 Å². The number of nitrogens with zero attached hydrogens (tertiary/aromatic N) is 3. The predicted molar refractivity (Wildman–Crippen MR) is 283 cm³/mol. The summed E-state index contributed by atoms with van der Waals surface area (Å²) >= 11 is 0. The molecule has 26 heteroatoms. The van der Waals surface area contributed by atoms with E-state index in [1.807, 2.05) is 24.3 Å². The number of amides is 7. The molecule has 0 radical (unpaired) electrons. The molecule has 3 aromatic carbocycles. The van der Waals surface area contributed by atoms with Crippen LogP contribution in [0, 0.1) is 5.92 Å². The van der Waals surface area contributed by atoms with Gasteiger partial charge in [-0.15, -0.1) is 0 Å². The Morgan fingerprint density at radius 3 is 1.96 bits per heavy atom. The maximum atomic E-state index is 14.5. The second kappa shape index (κ2) is 26.8. The Labute approximate surface area is 465 Å². The molecule has 1 aromatic heterocycles. The lowest BCUT2D eigenvalue weighted by atomic mass is 9.96. The lowest BCUT2D eigenvalue weighted by Crippen LogP contribution is -2.64. The Morgan fingerprint density at radius 1 is 0.728 bits per heavy atom. The van der Waals surface area contributed by atoms with Crippen LogP contribution in [0.3, 0.4) is 0 Å². The van der Waals surface area contributed by atoms with Crippen molar-refractivity contribution in [3.8, 4) is 34.1 Å². The first kappa shape index (κ1) is 61.1. The third-order valence-electron chi connectivity index (χ3n) is 14.6. The Balaban J connectivity index is 1.18. The molecule has 438 valence electrons. The van der Waals surface area contributed by atoms with E-state index in [1.54, 1.807) is 6.07 Å². The van der Waals surface area contributed by atoms with Gasteiger partial charge in [-0.1, -0.05) is 56.1 Å². The molecule has 3 saturated heterocycles. The number of fused-ring (bicyclic) bond motifs is 2. The zero-order valence-corrected chi connectivity index (χ0v) is 44.9. The topological polar surface area (TPSA) is 403 Å². The summed E-state index contributed by atoms with van der Waals surface area (Å²) in [4.78, 5) is 101. The van der Waals surface area contributed by atoms with Crippen molar-refractivity contribution in [2.24, 2.45) is 5.92 Å². The number of rotatable bonds is 14. The molecule has 0 saturated carbocycles. The zero-order chi connectivity index (χ0) is 59.0. The van der Waals surface area contributed by atoms with Crippen LogP contribution in [-0.2, 0) is 28.8 Å². The van der Waals surface area contributed by atoms with Crippen LogP contribution in [-0.4, -0.2) is 201 Å². The van der Waals surface area contributed by atoms with Crippen molar-refractivity contribution in [3.05, 3.63) is 90.0 Å². The van der Waals surface area contributed by atoms with Crippen LogP contribution in [0.5, 0.6) is 11.5 Å². The number of phenolic OH excluding ortho intramolecular Hbond substituents is 1. The predicted octanol–water partition coefficient (Wildman–Crippen LogP) is -1.94. The fourth-order valence-corrected chi connectivity index (χ4v) is 9.86. The van der Waals surface area contributed by atoms with Crippen molar-refractivity contribution in [1.29, 1.82) is 0 Å². The van der Waals surface area contributed by atoms with E-state index in [4.69, 9.17) is 9.26 Å². The highest BCUT2D eigenvalue weighted by atomic mass is 16.5. The van der Waals surface area contributed by atoms with Crippen molar-refractivity contribution in [2.45, 2.75) is 145 Å². The van der Waals surface area contributed by atoms with Crippen molar-refractivity contribution in [3.63, 3.8) is 0 Å². The molecule has 14 N–H and O–H groups in total.